The Morgan fingerprint density at radius 1 is 1.00 bits per heavy atom. The topological polar surface area (TPSA) is 73.5 Å². The molecule has 6 nitrogen and oxygen atoms in total. The van der Waals surface area contributed by atoms with Crippen LogP contribution in [0.25, 0.3) is 5.65 Å². The van der Waals surface area contributed by atoms with E-state index >= 15 is 0 Å². The maximum absolute atomic E-state index is 13.9. The third kappa shape index (κ3) is 4.94. The Balaban J connectivity index is 1.50. The predicted octanol–water partition coefficient (Wildman–Crippen LogP) is 5.52. The zero-order valence-electron chi connectivity index (χ0n) is 19.5. The van der Waals surface area contributed by atoms with Crippen LogP contribution in [0.15, 0.2) is 73.1 Å². The lowest BCUT2D eigenvalue weighted by atomic mass is 10.0. The van der Waals surface area contributed by atoms with E-state index in [1.807, 2.05) is 41.3 Å². The number of rotatable bonds is 6. The first-order chi connectivity index (χ1) is 17.1. The van der Waals surface area contributed by atoms with Crippen molar-refractivity contribution in [2.75, 3.05) is 18.4 Å². The molecule has 3 heterocycles. The summed E-state index contributed by atoms with van der Waals surface area (Å²) in [6.07, 6.45) is 7.28. The smallest absolute Gasteiger partial charge is 0.253 e. The lowest BCUT2D eigenvalue weighted by Gasteiger charge is -2.21. The molecular formula is C28H28FN5O. The van der Waals surface area contributed by atoms with Gasteiger partial charge in [0.25, 0.3) is 5.91 Å². The largest absolute Gasteiger partial charge is 0.380 e. The van der Waals surface area contributed by atoms with Crippen molar-refractivity contribution in [3.63, 3.8) is 0 Å². The van der Waals surface area contributed by atoms with Crippen molar-refractivity contribution < 1.29 is 9.18 Å². The average molecular weight is 470 g/mol. The molecule has 0 saturated carbocycles. The van der Waals surface area contributed by atoms with Crippen LogP contribution in [-0.2, 0) is 6.54 Å². The maximum atomic E-state index is 13.9. The van der Waals surface area contributed by atoms with Crippen molar-refractivity contribution in [3.05, 3.63) is 101 Å². The predicted molar refractivity (Wildman–Crippen MR) is 136 cm³/mol. The highest BCUT2D eigenvalue weighted by Crippen LogP contribution is 2.25. The highest BCUT2D eigenvalue weighted by Gasteiger charge is 2.21. The summed E-state index contributed by atoms with van der Waals surface area (Å²) < 4.78 is 15.5. The number of halogens is 1. The summed E-state index contributed by atoms with van der Waals surface area (Å²) in [6, 6.07) is 18.3. The molecule has 1 aliphatic heterocycles. The van der Waals surface area contributed by atoms with E-state index in [2.05, 4.69) is 10.3 Å². The molecule has 0 aliphatic carbocycles. The molecule has 2 N–H and O–H groups in total. The van der Waals surface area contributed by atoms with Crippen LogP contribution in [0.3, 0.4) is 0 Å². The number of nitrogens with zero attached hydrogens (tertiary/aromatic N) is 3. The summed E-state index contributed by atoms with van der Waals surface area (Å²) >= 11 is 0. The van der Waals surface area contributed by atoms with Crippen molar-refractivity contribution >= 4 is 23.0 Å². The van der Waals surface area contributed by atoms with Crippen LogP contribution in [0, 0.1) is 11.2 Å². The highest BCUT2D eigenvalue weighted by atomic mass is 19.1. The van der Waals surface area contributed by atoms with Gasteiger partial charge in [0.2, 0.25) is 0 Å². The zero-order valence-corrected chi connectivity index (χ0v) is 19.5. The molecule has 4 aromatic rings. The molecule has 0 bridgehead atoms. The number of aromatic nitrogens is 2. The van der Waals surface area contributed by atoms with E-state index in [0.29, 0.717) is 34.7 Å². The Hall–Kier alpha value is -4.00. The molecule has 178 valence electrons. The number of benzene rings is 2. The van der Waals surface area contributed by atoms with Crippen molar-refractivity contribution in [2.45, 2.75) is 32.2 Å². The third-order valence-corrected chi connectivity index (χ3v) is 6.48. The zero-order chi connectivity index (χ0) is 24.2. The Kier molecular flexibility index (Phi) is 6.57. The molecule has 0 atom stereocenters. The van der Waals surface area contributed by atoms with Gasteiger partial charge in [0, 0.05) is 42.6 Å². The summed E-state index contributed by atoms with van der Waals surface area (Å²) in [7, 11) is 0. The minimum absolute atomic E-state index is 0.0182. The highest BCUT2D eigenvalue weighted by molar-refractivity contribution is 6.14. The van der Waals surface area contributed by atoms with Gasteiger partial charge in [-0.3, -0.25) is 14.6 Å². The van der Waals surface area contributed by atoms with E-state index in [9.17, 15) is 9.18 Å². The number of nitrogens with one attached hydrogen (secondary N) is 2. The number of fused-ring (bicyclic) bond motifs is 1. The molecule has 0 unspecified atom stereocenters. The molecule has 1 saturated heterocycles. The first kappa shape index (κ1) is 22.8. The lowest BCUT2D eigenvalue weighted by Crippen LogP contribution is -2.32. The molecule has 0 spiro atoms. The Labute approximate surface area is 203 Å². The quantitative estimate of drug-likeness (QED) is 0.365. The van der Waals surface area contributed by atoms with E-state index in [1.165, 1.54) is 12.3 Å². The fraction of sp³-hybridized carbons (Fsp3) is 0.250. The van der Waals surface area contributed by atoms with Gasteiger partial charge in [0.15, 0.2) is 0 Å². The van der Waals surface area contributed by atoms with E-state index in [-0.39, 0.29) is 11.6 Å². The van der Waals surface area contributed by atoms with Gasteiger partial charge in [0.05, 0.1) is 17.6 Å². The number of amides is 1. The Bertz CT molecular complexity index is 1360. The van der Waals surface area contributed by atoms with E-state index in [4.69, 9.17) is 5.41 Å². The van der Waals surface area contributed by atoms with Gasteiger partial charge in [0.1, 0.15) is 11.5 Å². The van der Waals surface area contributed by atoms with E-state index in [1.54, 1.807) is 28.8 Å². The number of hydrogen-bond donors (Lipinski definition) is 2. The van der Waals surface area contributed by atoms with Crippen molar-refractivity contribution in [1.29, 1.82) is 5.41 Å². The minimum Gasteiger partial charge on any atom is -0.380 e. The van der Waals surface area contributed by atoms with Gasteiger partial charge >= 0.3 is 0 Å². The number of carbonyl (C=O) groups is 1. The third-order valence-electron chi connectivity index (χ3n) is 6.48. The van der Waals surface area contributed by atoms with Gasteiger partial charge < -0.3 is 10.2 Å². The average Bonchev–Trinajstić information content (AvgIpc) is 3.11. The van der Waals surface area contributed by atoms with Gasteiger partial charge in [-0.2, -0.15) is 0 Å². The van der Waals surface area contributed by atoms with Crippen LogP contribution in [0.1, 0.15) is 52.9 Å². The summed E-state index contributed by atoms with van der Waals surface area (Å²) in [5, 5.41) is 12.4. The molecule has 1 amide bonds. The van der Waals surface area contributed by atoms with Crippen LogP contribution in [-0.4, -0.2) is 39.0 Å². The second-order valence-electron chi connectivity index (χ2n) is 8.90. The standard InChI is InChI=1S/C28H28FN5O/c29-22-11-13-26-32-18-25(34(26)19-22)27(30)23-12-10-21(28(35)33-14-6-1-2-7-15-33)16-24(23)31-17-20-8-4-3-5-9-20/h3-5,8-13,16,18-19,30-31H,1-2,6-7,14-15,17H2. The fourth-order valence-electron chi connectivity index (χ4n) is 4.57. The number of likely N-dealkylation sites (tertiary alicyclic amines) is 1. The Morgan fingerprint density at radius 3 is 2.54 bits per heavy atom. The van der Waals surface area contributed by atoms with Crippen LogP contribution in [0.2, 0.25) is 0 Å². The molecule has 2 aromatic carbocycles. The second-order valence-corrected chi connectivity index (χ2v) is 8.90. The van der Waals surface area contributed by atoms with Crippen molar-refractivity contribution in [1.82, 2.24) is 14.3 Å². The van der Waals surface area contributed by atoms with Crippen LogP contribution < -0.4 is 5.32 Å². The van der Waals surface area contributed by atoms with Crippen LogP contribution >= 0.6 is 0 Å². The minimum atomic E-state index is -0.398. The van der Waals surface area contributed by atoms with E-state index in [0.717, 1.165) is 44.3 Å². The van der Waals surface area contributed by atoms with Gasteiger partial charge in [-0.25, -0.2) is 9.37 Å². The van der Waals surface area contributed by atoms with Gasteiger partial charge in [-0.15, -0.1) is 0 Å². The van der Waals surface area contributed by atoms with Crippen LogP contribution in [0.4, 0.5) is 10.1 Å². The summed E-state index contributed by atoms with van der Waals surface area (Å²) in [4.78, 5) is 19.5. The molecule has 1 aliphatic rings. The molecule has 5 rings (SSSR count). The SMILES string of the molecule is N=C(c1ccc(C(=O)N2CCCCCC2)cc1NCc1ccccc1)c1cnc2ccc(F)cn12. The molecule has 2 aromatic heterocycles. The number of anilines is 1. The van der Waals surface area contributed by atoms with Gasteiger partial charge in [-0.1, -0.05) is 43.2 Å². The van der Waals surface area contributed by atoms with Crippen molar-refractivity contribution in [3.8, 4) is 0 Å². The number of hydrogen-bond acceptors (Lipinski definition) is 4. The summed E-state index contributed by atoms with van der Waals surface area (Å²) in [5.74, 6) is -0.380. The van der Waals surface area contributed by atoms with E-state index < -0.39 is 5.82 Å². The lowest BCUT2D eigenvalue weighted by molar-refractivity contribution is 0.0761. The fourth-order valence-corrected chi connectivity index (χ4v) is 4.57. The number of pyridine rings is 1. The molecule has 7 heteroatoms. The number of imidazole rings is 1. The molecule has 35 heavy (non-hydrogen) atoms. The maximum Gasteiger partial charge on any atom is 0.253 e. The first-order valence-corrected chi connectivity index (χ1v) is 12.0. The van der Waals surface area contributed by atoms with Crippen LogP contribution in [0.5, 0.6) is 0 Å². The van der Waals surface area contributed by atoms with Gasteiger partial charge in [-0.05, 0) is 48.7 Å². The summed E-state index contributed by atoms with van der Waals surface area (Å²) in [6.45, 7) is 2.09. The molecular weight excluding hydrogens is 441 g/mol. The Morgan fingerprint density at radius 2 is 1.77 bits per heavy atom. The monoisotopic (exact) mass is 469 g/mol. The first-order valence-electron chi connectivity index (χ1n) is 12.0. The second kappa shape index (κ2) is 10.1. The van der Waals surface area contributed by atoms with Crippen molar-refractivity contribution in [2.24, 2.45) is 0 Å². The normalized spacial score (nSPS) is 14.0. The summed E-state index contributed by atoms with van der Waals surface area (Å²) in [5.41, 5.74) is 4.25. The molecule has 0 radical (unpaired) electrons. The number of carbonyl (C=O) groups excluding carboxylic acids is 1. The molecule has 1 fully saturated rings.